The molecule has 7 nitrogen and oxygen atoms in total. The van der Waals surface area contributed by atoms with Gasteiger partial charge in [0, 0.05) is 31.1 Å². The van der Waals surface area contributed by atoms with E-state index < -0.39 is 16.1 Å². The van der Waals surface area contributed by atoms with E-state index >= 15 is 0 Å². The first-order valence-corrected chi connectivity index (χ1v) is 13.6. The molecule has 2 aromatic rings. The molecule has 2 rings (SSSR count). The number of carbonyl (C=O) groups is 2. The average molecular weight is 508 g/mol. The van der Waals surface area contributed by atoms with E-state index in [1.165, 1.54) is 4.31 Å². The topological polar surface area (TPSA) is 86.8 Å². The van der Waals surface area contributed by atoms with E-state index in [1.807, 2.05) is 38.1 Å². The van der Waals surface area contributed by atoms with Crippen LogP contribution in [-0.4, -0.2) is 50.5 Å². The number of halogens is 1. The number of nitrogens with zero attached hydrogens (tertiary/aromatic N) is 2. The Morgan fingerprint density at radius 3 is 2.44 bits per heavy atom. The third-order valence-electron chi connectivity index (χ3n) is 5.57. The van der Waals surface area contributed by atoms with Crippen LogP contribution in [0.5, 0.6) is 0 Å². The Morgan fingerprint density at radius 2 is 1.82 bits per heavy atom. The summed E-state index contributed by atoms with van der Waals surface area (Å²) in [5.41, 5.74) is 2.44. The van der Waals surface area contributed by atoms with Gasteiger partial charge in [-0.3, -0.25) is 13.9 Å². The Kier molecular flexibility index (Phi) is 10.4. The Labute approximate surface area is 208 Å². The van der Waals surface area contributed by atoms with Crippen LogP contribution in [0, 0.1) is 6.92 Å². The van der Waals surface area contributed by atoms with Crippen molar-refractivity contribution in [1.82, 2.24) is 10.2 Å². The number of amides is 2. The fourth-order valence-electron chi connectivity index (χ4n) is 3.58. The predicted octanol–water partition coefficient (Wildman–Crippen LogP) is 4.14. The first-order chi connectivity index (χ1) is 16.0. The van der Waals surface area contributed by atoms with E-state index in [9.17, 15) is 18.0 Å². The van der Waals surface area contributed by atoms with Gasteiger partial charge in [-0.05, 0) is 56.0 Å². The van der Waals surface area contributed by atoms with Crippen molar-refractivity contribution in [3.63, 3.8) is 0 Å². The molecule has 0 aliphatic carbocycles. The SMILES string of the molecule is CCCNC(=O)[C@@H](C)N(Cc1ccccc1C)C(=O)CCCN(c1cccc(Cl)c1)S(C)(=O)=O. The summed E-state index contributed by atoms with van der Waals surface area (Å²) >= 11 is 6.04. The molecule has 186 valence electrons. The predicted molar refractivity (Wildman–Crippen MR) is 137 cm³/mol. The van der Waals surface area contributed by atoms with Gasteiger partial charge >= 0.3 is 0 Å². The van der Waals surface area contributed by atoms with Crippen LogP contribution >= 0.6 is 11.6 Å². The zero-order valence-corrected chi connectivity index (χ0v) is 21.8. The van der Waals surface area contributed by atoms with Crippen LogP contribution in [0.15, 0.2) is 48.5 Å². The molecule has 1 N–H and O–H groups in total. The second kappa shape index (κ2) is 12.8. The van der Waals surface area contributed by atoms with Crippen LogP contribution in [0.2, 0.25) is 5.02 Å². The monoisotopic (exact) mass is 507 g/mol. The first kappa shape index (κ1) is 27.7. The van der Waals surface area contributed by atoms with Gasteiger partial charge in [0.2, 0.25) is 21.8 Å². The molecule has 0 unspecified atom stereocenters. The molecule has 0 spiro atoms. The fraction of sp³-hybridized carbons (Fsp3) is 0.440. The Balaban J connectivity index is 2.16. The molecule has 0 saturated heterocycles. The standard InChI is InChI=1S/C25H34ClN3O4S/c1-5-15-27-25(31)20(3)28(18-21-11-7-6-10-19(21)2)24(30)14-9-16-29(34(4,32)33)23-13-8-12-22(26)17-23/h6-8,10-13,17,20H,5,9,14-16,18H2,1-4H3,(H,27,31)/t20-/m1/s1. The van der Waals surface area contributed by atoms with Crippen molar-refractivity contribution in [3.8, 4) is 0 Å². The zero-order chi connectivity index (χ0) is 25.3. The lowest BCUT2D eigenvalue weighted by Crippen LogP contribution is -2.48. The summed E-state index contributed by atoms with van der Waals surface area (Å²) in [4.78, 5) is 27.5. The van der Waals surface area contributed by atoms with Crippen LogP contribution in [0.3, 0.4) is 0 Å². The molecule has 34 heavy (non-hydrogen) atoms. The maximum atomic E-state index is 13.3. The van der Waals surface area contributed by atoms with Gasteiger partial charge in [0.1, 0.15) is 6.04 Å². The summed E-state index contributed by atoms with van der Waals surface area (Å²) in [6, 6.07) is 13.7. The number of anilines is 1. The minimum Gasteiger partial charge on any atom is -0.354 e. The van der Waals surface area contributed by atoms with Gasteiger partial charge in [0.15, 0.2) is 0 Å². The molecule has 0 heterocycles. The molecule has 0 fully saturated rings. The summed E-state index contributed by atoms with van der Waals surface area (Å²) in [6.45, 7) is 6.62. The van der Waals surface area contributed by atoms with Gasteiger partial charge in [-0.25, -0.2) is 8.42 Å². The van der Waals surface area contributed by atoms with Gasteiger partial charge in [-0.2, -0.15) is 0 Å². The van der Waals surface area contributed by atoms with Crippen LogP contribution in [-0.2, 0) is 26.2 Å². The van der Waals surface area contributed by atoms with E-state index in [0.717, 1.165) is 23.8 Å². The van der Waals surface area contributed by atoms with Crippen molar-refractivity contribution in [2.45, 2.75) is 52.6 Å². The maximum Gasteiger partial charge on any atom is 0.242 e. The molecular formula is C25H34ClN3O4S. The van der Waals surface area contributed by atoms with Crippen molar-refractivity contribution >= 4 is 39.1 Å². The van der Waals surface area contributed by atoms with Crippen LogP contribution in [0.25, 0.3) is 0 Å². The number of rotatable bonds is 12. The van der Waals surface area contributed by atoms with Gasteiger partial charge in [0.25, 0.3) is 0 Å². The first-order valence-electron chi connectivity index (χ1n) is 11.4. The lowest BCUT2D eigenvalue weighted by molar-refractivity contribution is -0.140. The molecule has 0 aliphatic heterocycles. The number of carbonyl (C=O) groups excluding carboxylic acids is 2. The molecule has 0 aromatic heterocycles. The summed E-state index contributed by atoms with van der Waals surface area (Å²) in [5.74, 6) is -0.414. The van der Waals surface area contributed by atoms with Crippen LogP contribution < -0.4 is 9.62 Å². The normalized spacial score (nSPS) is 12.1. The Morgan fingerprint density at radius 1 is 1.12 bits per heavy atom. The van der Waals surface area contributed by atoms with Gasteiger partial charge in [-0.15, -0.1) is 0 Å². The van der Waals surface area contributed by atoms with Gasteiger partial charge < -0.3 is 10.2 Å². The third-order valence-corrected chi connectivity index (χ3v) is 7.00. The fourth-order valence-corrected chi connectivity index (χ4v) is 4.73. The molecule has 0 saturated carbocycles. The number of nitrogens with one attached hydrogen (secondary N) is 1. The summed E-state index contributed by atoms with van der Waals surface area (Å²) in [6.07, 6.45) is 2.32. The maximum absolute atomic E-state index is 13.3. The summed E-state index contributed by atoms with van der Waals surface area (Å²) < 4.78 is 26.0. The smallest absolute Gasteiger partial charge is 0.242 e. The largest absolute Gasteiger partial charge is 0.354 e. The summed E-state index contributed by atoms with van der Waals surface area (Å²) in [7, 11) is -3.56. The van der Waals surface area contributed by atoms with Gasteiger partial charge in [-0.1, -0.05) is 48.9 Å². The molecule has 2 amide bonds. The molecule has 9 heteroatoms. The molecular weight excluding hydrogens is 474 g/mol. The summed E-state index contributed by atoms with van der Waals surface area (Å²) in [5, 5.41) is 3.29. The number of aryl methyl sites for hydroxylation is 1. The van der Waals surface area contributed by atoms with E-state index in [4.69, 9.17) is 11.6 Å². The third kappa shape index (κ3) is 8.02. The average Bonchev–Trinajstić information content (AvgIpc) is 2.78. The minimum atomic E-state index is -3.56. The van der Waals surface area contributed by atoms with E-state index in [1.54, 1.807) is 36.1 Å². The Hall–Kier alpha value is -2.58. The van der Waals surface area contributed by atoms with E-state index in [0.29, 0.717) is 30.2 Å². The number of hydrogen-bond acceptors (Lipinski definition) is 4. The second-order valence-corrected chi connectivity index (χ2v) is 10.7. The molecule has 0 radical (unpaired) electrons. The highest BCUT2D eigenvalue weighted by Gasteiger charge is 2.26. The van der Waals surface area contributed by atoms with Crippen LogP contribution in [0.4, 0.5) is 5.69 Å². The Bertz CT molecular complexity index is 1090. The highest BCUT2D eigenvalue weighted by atomic mass is 35.5. The molecule has 0 aliphatic rings. The minimum absolute atomic E-state index is 0.101. The van der Waals surface area contributed by atoms with E-state index in [-0.39, 0.29) is 24.8 Å². The number of hydrogen-bond donors (Lipinski definition) is 1. The lowest BCUT2D eigenvalue weighted by atomic mass is 10.1. The highest BCUT2D eigenvalue weighted by molar-refractivity contribution is 7.92. The van der Waals surface area contributed by atoms with Crippen molar-refractivity contribution in [1.29, 1.82) is 0 Å². The molecule has 2 aromatic carbocycles. The van der Waals surface area contributed by atoms with Crippen molar-refractivity contribution < 1.29 is 18.0 Å². The second-order valence-electron chi connectivity index (χ2n) is 8.33. The van der Waals surface area contributed by atoms with Crippen molar-refractivity contribution in [3.05, 3.63) is 64.7 Å². The van der Waals surface area contributed by atoms with Gasteiger partial charge in [0.05, 0.1) is 11.9 Å². The number of benzene rings is 2. The lowest BCUT2D eigenvalue weighted by Gasteiger charge is -2.30. The quantitative estimate of drug-likeness (QED) is 0.467. The molecule has 1 atom stereocenters. The van der Waals surface area contributed by atoms with Crippen molar-refractivity contribution in [2.24, 2.45) is 0 Å². The zero-order valence-electron chi connectivity index (χ0n) is 20.3. The number of sulfonamides is 1. The van der Waals surface area contributed by atoms with Crippen LogP contribution in [0.1, 0.15) is 44.2 Å². The van der Waals surface area contributed by atoms with E-state index in [2.05, 4.69) is 5.32 Å². The van der Waals surface area contributed by atoms with Crippen molar-refractivity contribution in [2.75, 3.05) is 23.7 Å². The molecule has 0 bridgehead atoms. The highest BCUT2D eigenvalue weighted by Crippen LogP contribution is 2.23.